The van der Waals surface area contributed by atoms with Gasteiger partial charge in [0.1, 0.15) is 0 Å². The molecule has 2 N–H and O–H groups in total. The van der Waals surface area contributed by atoms with Crippen LogP contribution in [0.15, 0.2) is 23.2 Å². The number of rotatable bonds is 11. The fraction of sp³-hybridized carbons (Fsp3) is 0.720. The van der Waals surface area contributed by atoms with E-state index in [2.05, 4.69) is 36.3 Å². The molecular formula is C25H43IN4O3. The van der Waals surface area contributed by atoms with Crippen LogP contribution in [-0.2, 0) is 4.74 Å². The quantitative estimate of drug-likeness (QED) is 0.174. The number of likely N-dealkylation sites (tertiary alicyclic amines) is 1. The van der Waals surface area contributed by atoms with Gasteiger partial charge in [-0.2, -0.15) is 0 Å². The molecule has 1 atom stereocenters. The standard InChI is InChI=1S/C25H42N4O3.HI/c1-4-11-29-12-9-21(18-29)17-27-25(26-10-5-13-30-19-20(2)3)28-22-7-8-23-24(16-22)32-15-6-14-31-23;/h7-8,16,20-21H,4-6,9-15,17-19H2,1-3H3,(H2,26,27,28);1H. The Morgan fingerprint density at radius 3 is 2.85 bits per heavy atom. The lowest BCUT2D eigenvalue weighted by Gasteiger charge is -2.16. The molecule has 188 valence electrons. The molecule has 3 rings (SSSR count). The molecule has 1 aromatic carbocycles. The molecule has 7 nitrogen and oxygen atoms in total. The summed E-state index contributed by atoms with van der Waals surface area (Å²) in [5.74, 6) is 3.61. The van der Waals surface area contributed by atoms with Crippen molar-refractivity contribution in [2.24, 2.45) is 16.8 Å². The smallest absolute Gasteiger partial charge is 0.195 e. The number of nitrogens with zero attached hydrogens (tertiary/aromatic N) is 2. The number of fused-ring (bicyclic) bond motifs is 1. The summed E-state index contributed by atoms with van der Waals surface area (Å²) < 4.78 is 17.3. The molecule has 1 unspecified atom stereocenters. The van der Waals surface area contributed by atoms with Crippen molar-refractivity contribution in [3.05, 3.63) is 18.2 Å². The monoisotopic (exact) mass is 574 g/mol. The normalized spacial score (nSPS) is 18.7. The minimum absolute atomic E-state index is 0. The molecule has 33 heavy (non-hydrogen) atoms. The third-order valence-corrected chi connectivity index (χ3v) is 5.64. The predicted octanol–water partition coefficient (Wildman–Crippen LogP) is 4.62. The van der Waals surface area contributed by atoms with Crippen LogP contribution >= 0.6 is 24.0 Å². The van der Waals surface area contributed by atoms with Gasteiger partial charge in [0.25, 0.3) is 0 Å². The lowest BCUT2D eigenvalue weighted by atomic mass is 10.1. The van der Waals surface area contributed by atoms with Gasteiger partial charge in [-0.1, -0.05) is 20.8 Å². The molecule has 0 saturated carbocycles. The SMILES string of the molecule is CCCN1CCC(CN=C(NCCCOCC(C)C)Nc2ccc3c(c2)OCCCO3)C1.I. The minimum Gasteiger partial charge on any atom is -0.490 e. The van der Waals surface area contributed by atoms with E-state index in [0.717, 1.165) is 68.8 Å². The van der Waals surface area contributed by atoms with Crippen molar-refractivity contribution in [3.8, 4) is 11.5 Å². The summed E-state index contributed by atoms with van der Waals surface area (Å²) in [6.45, 7) is 14.7. The molecule has 2 aliphatic rings. The third-order valence-electron chi connectivity index (χ3n) is 5.64. The van der Waals surface area contributed by atoms with E-state index in [4.69, 9.17) is 19.2 Å². The van der Waals surface area contributed by atoms with E-state index in [0.29, 0.717) is 25.0 Å². The first-order valence-corrected chi connectivity index (χ1v) is 12.4. The van der Waals surface area contributed by atoms with Crippen molar-refractivity contribution in [3.63, 3.8) is 0 Å². The topological polar surface area (TPSA) is 67.4 Å². The summed E-state index contributed by atoms with van der Waals surface area (Å²) in [4.78, 5) is 7.48. The zero-order chi connectivity index (χ0) is 22.6. The summed E-state index contributed by atoms with van der Waals surface area (Å²) in [5.41, 5.74) is 0.954. The number of benzene rings is 1. The van der Waals surface area contributed by atoms with Gasteiger partial charge in [-0.3, -0.25) is 4.99 Å². The molecule has 0 bridgehead atoms. The first-order chi connectivity index (χ1) is 15.6. The average molecular weight is 575 g/mol. The third kappa shape index (κ3) is 10.3. The highest BCUT2D eigenvalue weighted by Gasteiger charge is 2.21. The van der Waals surface area contributed by atoms with E-state index < -0.39 is 0 Å². The van der Waals surface area contributed by atoms with Gasteiger partial charge in [-0.05, 0) is 56.3 Å². The molecule has 1 aromatic rings. The number of hydrogen-bond donors (Lipinski definition) is 2. The molecule has 0 aliphatic carbocycles. The van der Waals surface area contributed by atoms with Crippen LogP contribution in [0.2, 0.25) is 0 Å². The Hall–Kier alpha value is -1.26. The summed E-state index contributed by atoms with van der Waals surface area (Å²) >= 11 is 0. The van der Waals surface area contributed by atoms with Gasteiger partial charge >= 0.3 is 0 Å². The lowest BCUT2D eigenvalue weighted by Crippen LogP contribution is -2.33. The number of anilines is 1. The Morgan fingerprint density at radius 1 is 1.24 bits per heavy atom. The maximum absolute atomic E-state index is 5.84. The lowest BCUT2D eigenvalue weighted by molar-refractivity contribution is 0.108. The Labute approximate surface area is 217 Å². The van der Waals surface area contributed by atoms with E-state index in [-0.39, 0.29) is 24.0 Å². The molecule has 2 heterocycles. The summed E-state index contributed by atoms with van der Waals surface area (Å²) in [6.07, 6.45) is 4.29. The van der Waals surface area contributed by atoms with E-state index in [1.165, 1.54) is 25.9 Å². The van der Waals surface area contributed by atoms with Gasteiger partial charge in [0.15, 0.2) is 17.5 Å². The number of nitrogens with one attached hydrogen (secondary N) is 2. The second-order valence-electron chi connectivity index (χ2n) is 9.23. The van der Waals surface area contributed by atoms with Crippen LogP contribution in [0.5, 0.6) is 11.5 Å². The van der Waals surface area contributed by atoms with Crippen molar-refractivity contribution in [1.82, 2.24) is 10.2 Å². The molecule has 0 aromatic heterocycles. The first kappa shape index (κ1) is 28.0. The fourth-order valence-corrected chi connectivity index (χ4v) is 4.02. The average Bonchev–Trinajstić information content (AvgIpc) is 3.09. The number of guanidine groups is 1. The van der Waals surface area contributed by atoms with Crippen LogP contribution < -0.4 is 20.1 Å². The fourth-order valence-electron chi connectivity index (χ4n) is 4.02. The van der Waals surface area contributed by atoms with Gasteiger partial charge in [-0.15, -0.1) is 24.0 Å². The molecular weight excluding hydrogens is 531 g/mol. The van der Waals surface area contributed by atoms with Crippen molar-refractivity contribution in [1.29, 1.82) is 0 Å². The van der Waals surface area contributed by atoms with Crippen LogP contribution in [0.3, 0.4) is 0 Å². The van der Waals surface area contributed by atoms with Gasteiger partial charge in [0, 0.05) is 51.0 Å². The molecule has 1 saturated heterocycles. The summed E-state index contributed by atoms with van der Waals surface area (Å²) in [7, 11) is 0. The van der Waals surface area contributed by atoms with Gasteiger partial charge in [0.2, 0.25) is 0 Å². The van der Waals surface area contributed by atoms with Crippen molar-refractivity contribution >= 4 is 35.6 Å². The molecule has 2 aliphatic heterocycles. The minimum atomic E-state index is 0. The Morgan fingerprint density at radius 2 is 2.06 bits per heavy atom. The van der Waals surface area contributed by atoms with Crippen LogP contribution in [0.25, 0.3) is 0 Å². The van der Waals surface area contributed by atoms with Crippen LogP contribution in [0.4, 0.5) is 5.69 Å². The van der Waals surface area contributed by atoms with Crippen molar-refractivity contribution in [2.45, 2.75) is 46.5 Å². The number of ether oxygens (including phenoxy) is 3. The van der Waals surface area contributed by atoms with E-state index >= 15 is 0 Å². The maximum atomic E-state index is 5.84. The Kier molecular flexibility index (Phi) is 13.2. The Balaban J connectivity index is 0.00000385. The maximum Gasteiger partial charge on any atom is 0.195 e. The molecule has 8 heteroatoms. The van der Waals surface area contributed by atoms with Gasteiger partial charge in [0.05, 0.1) is 13.2 Å². The van der Waals surface area contributed by atoms with Crippen molar-refractivity contribution < 1.29 is 14.2 Å². The number of halogens is 1. The Bertz CT molecular complexity index is 717. The molecule has 0 amide bonds. The van der Waals surface area contributed by atoms with Crippen LogP contribution in [0.1, 0.15) is 46.5 Å². The number of hydrogen-bond acceptors (Lipinski definition) is 5. The second-order valence-corrected chi connectivity index (χ2v) is 9.23. The predicted molar refractivity (Wildman–Crippen MR) is 147 cm³/mol. The molecule has 0 spiro atoms. The highest BCUT2D eigenvalue weighted by molar-refractivity contribution is 14.0. The van der Waals surface area contributed by atoms with E-state index in [9.17, 15) is 0 Å². The molecule has 0 radical (unpaired) electrons. The number of aliphatic imine (C=N–C) groups is 1. The van der Waals surface area contributed by atoms with Crippen molar-refractivity contribution in [2.75, 3.05) is 64.5 Å². The highest BCUT2D eigenvalue weighted by atomic mass is 127. The van der Waals surface area contributed by atoms with Crippen LogP contribution in [0, 0.1) is 11.8 Å². The highest BCUT2D eigenvalue weighted by Crippen LogP contribution is 2.32. The largest absolute Gasteiger partial charge is 0.490 e. The summed E-state index contributed by atoms with van der Waals surface area (Å²) in [5, 5.41) is 6.95. The van der Waals surface area contributed by atoms with E-state index in [1.807, 2.05) is 18.2 Å². The summed E-state index contributed by atoms with van der Waals surface area (Å²) in [6, 6.07) is 6.00. The van der Waals surface area contributed by atoms with E-state index in [1.54, 1.807) is 0 Å². The first-order valence-electron chi connectivity index (χ1n) is 12.4. The second kappa shape index (κ2) is 15.6. The van der Waals surface area contributed by atoms with Gasteiger partial charge < -0.3 is 29.7 Å². The van der Waals surface area contributed by atoms with Crippen LogP contribution in [-0.4, -0.2) is 70.0 Å². The molecule has 1 fully saturated rings. The van der Waals surface area contributed by atoms with Gasteiger partial charge in [-0.25, -0.2) is 0 Å². The zero-order valence-corrected chi connectivity index (χ0v) is 22.9. The zero-order valence-electron chi connectivity index (χ0n) is 20.6.